The van der Waals surface area contributed by atoms with Crippen molar-refractivity contribution in [3.8, 4) is 11.5 Å². The highest BCUT2D eigenvalue weighted by molar-refractivity contribution is 6.32. The Morgan fingerprint density at radius 2 is 2.00 bits per heavy atom. The van der Waals surface area contributed by atoms with E-state index < -0.39 is 12.1 Å². The van der Waals surface area contributed by atoms with Crippen molar-refractivity contribution in [3.63, 3.8) is 0 Å². The number of aromatic hydroxyl groups is 1. The Morgan fingerprint density at radius 1 is 1.29 bits per heavy atom. The summed E-state index contributed by atoms with van der Waals surface area (Å²) >= 11 is 5.98. The van der Waals surface area contributed by atoms with E-state index in [0.29, 0.717) is 5.56 Å². The monoisotopic (exact) mass is 414 g/mol. The van der Waals surface area contributed by atoms with Gasteiger partial charge in [0.25, 0.3) is 5.91 Å². The molecule has 0 bridgehead atoms. The van der Waals surface area contributed by atoms with Crippen molar-refractivity contribution in [1.82, 2.24) is 9.88 Å². The van der Waals surface area contributed by atoms with Gasteiger partial charge >= 0.3 is 6.18 Å². The largest absolute Gasteiger partial charge is 0.504 e. The van der Waals surface area contributed by atoms with Gasteiger partial charge in [0.1, 0.15) is 6.61 Å². The van der Waals surface area contributed by atoms with Gasteiger partial charge < -0.3 is 14.7 Å². The zero-order valence-corrected chi connectivity index (χ0v) is 15.5. The molecule has 2 heterocycles. The van der Waals surface area contributed by atoms with Crippen molar-refractivity contribution >= 4 is 17.5 Å². The molecule has 0 spiro atoms. The van der Waals surface area contributed by atoms with Gasteiger partial charge in [0.05, 0.1) is 16.5 Å². The van der Waals surface area contributed by atoms with Crippen molar-refractivity contribution in [3.05, 3.63) is 52.8 Å². The number of rotatable bonds is 4. The molecule has 1 aromatic carbocycles. The third kappa shape index (κ3) is 4.67. The van der Waals surface area contributed by atoms with Gasteiger partial charge in [0.2, 0.25) is 0 Å². The highest BCUT2D eigenvalue weighted by Gasteiger charge is 2.41. The molecule has 0 aliphatic carbocycles. The lowest BCUT2D eigenvalue weighted by atomic mass is 9.96. The third-order valence-electron chi connectivity index (χ3n) is 4.62. The minimum atomic E-state index is -4.22. The lowest BCUT2D eigenvalue weighted by molar-refractivity contribution is -0.183. The van der Waals surface area contributed by atoms with E-state index in [1.54, 1.807) is 18.2 Å². The summed E-state index contributed by atoms with van der Waals surface area (Å²) in [5, 5.41) is 10.0. The van der Waals surface area contributed by atoms with Crippen LogP contribution < -0.4 is 4.74 Å². The molecule has 28 heavy (non-hydrogen) atoms. The molecule has 0 radical (unpaired) electrons. The molecule has 1 aromatic heterocycles. The molecule has 0 saturated carbocycles. The Balaban J connectivity index is 1.64. The van der Waals surface area contributed by atoms with Crippen molar-refractivity contribution in [2.45, 2.75) is 25.6 Å². The summed E-state index contributed by atoms with van der Waals surface area (Å²) in [7, 11) is 0. The van der Waals surface area contributed by atoms with Crippen LogP contribution in [0.2, 0.25) is 5.02 Å². The highest BCUT2D eigenvalue weighted by atomic mass is 35.5. The van der Waals surface area contributed by atoms with Crippen LogP contribution in [0.3, 0.4) is 0 Å². The molecule has 0 atom stereocenters. The Morgan fingerprint density at radius 3 is 2.64 bits per heavy atom. The zero-order chi connectivity index (χ0) is 20.3. The number of nitrogens with zero attached hydrogens (tertiary/aromatic N) is 2. The molecule has 2 aromatic rings. The second kappa shape index (κ2) is 8.26. The van der Waals surface area contributed by atoms with Gasteiger partial charge in [0.15, 0.2) is 11.5 Å². The molecular formula is C19H18ClF3N2O3. The average Bonchev–Trinajstić information content (AvgIpc) is 2.67. The molecule has 1 saturated heterocycles. The van der Waals surface area contributed by atoms with Gasteiger partial charge in [0, 0.05) is 31.0 Å². The topological polar surface area (TPSA) is 62.7 Å². The van der Waals surface area contributed by atoms with Crippen molar-refractivity contribution in [1.29, 1.82) is 0 Å². The fourth-order valence-corrected chi connectivity index (χ4v) is 3.30. The predicted octanol–water partition coefficient (Wildman–Crippen LogP) is 4.43. The van der Waals surface area contributed by atoms with Crippen molar-refractivity contribution in [2.75, 3.05) is 13.1 Å². The second-order valence-electron chi connectivity index (χ2n) is 6.57. The molecular weight excluding hydrogens is 397 g/mol. The molecule has 1 aliphatic rings. The van der Waals surface area contributed by atoms with Crippen LogP contribution in [0.4, 0.5) is 13.2 Å². The summed E-state index contributed by atoms with van der Waals surface area (Å²) < 4.78 is 43.8. The maximum absolute atomic E-state index is 12.8. The van der Waals surface area contributed by atoms with Crippen LogP contribution in [0.15, 0.2) is 36.7 Å². The van der Waals surface area contributed by atoms with E-state index in [9.17, 15) is 23.1 Å². The Labute approximate surface area is 164 Å². The van der Waals surface area contributed by atoms with Crippen LogP contribution in [-0.2, 0) is 6.61 Å². The van der Waals surface area contributed by atoms with E-state index in [4.69, 9.17) is 16.3 Å². The number of carbonyl (C=O) groups is 1. The lowest BCUT2D eigenvalue weighted by Crippen LogP contribution is -2.42. The predicted molar refractivity (Wildman–Crippen MR) is 96.4 cm³/mol. The van der Waals surface area contributed by atoms with E-state index in [2.05, 4.69) is 4.98 Å². The van der Waals surface area contributed by atoms with Crippen molar-refractivity contribution in [2.24, 2.45) is 5.92 Å². The number of halogens is 4. The number of aromatic nitrogens is 1. The fraction of sp³-hybridized carbons (Fsp3) is 0.368. The van der Waals surface area contributed by atoms with Gasteiger partial charge in [-0.2, -0.15) is 13.2 Å². The quantitative estimate of drug-likeness (QED) is 0.803. The summed E-state index contributed by atoms with van der Waals surface area (Å²) in [5.41, 5.74) is 0.838. The van der Waals surface area contributed by atoms with Gasteiger partial charge in [-0.15, -0.1) is 0 Å². The molecule has 1 amide bonds. The summed E-state index contributed by atoms with van der Waals surface area (Å²) in [6.45, 7) is 0.121. The lowest BCUT2D eigenvalue weighted by Gasteiger charge is -2.32. The van der Waals surface area contributed by atoms with E-state index in [0.717, 1.165) is 0 Å². The molecule has 3 rings (SSSR count). The van der Waals surface area contributed by atoms with Crippen molar-refractivity contribution < 1.29 is 27.8 Å². The molecule has 1 fully saturated rings. The molecule has 9 heteroatoms. The van der Waals surface area contributed by atoms with Gasteiger partial charge in [-0.3, -0.25) is 9.78 Å². The van der Waals surface area contributed by atoms with E-state index in [-0.39, 0.29) is 60.5 Å². The van der Waals surface area contributed by atoms with Crippen LogP contribution >= 0.6 is 11.6 Å². The number of hydrogen-bond acceptors (Lipinski definition) is 4. The molecule has 5 nitrogen and oxygen atoms in total. The Hall–Kier alpha value is -2.48. The number of phenols is 1. The van der Waals surface area contributed by atoms with Crippen LogP contribution in [0.1, 0.15) is 28.8 Å². The number of hydrogen-bond donors (Lipinski definition) is 1. The number of phenolic OH excluding ortho intramolecular Hbond substituents is 1. The number of amides is 1. The first-order valence-corrected chi connectivity index (χ1v) is 9.03. The van der Waals surface area contributed by atoms with Crippen LogP contribution in [-0.4, -0.2) is 40.2 Å². The third-order valence-corrected chi connectivity index (χ3v) is 4.91. The number of piperidine rings is 1. The molecule has 0 unspecified atom stereocenters. The van der Waals surface area contributed by atoms with E-state index in [1.807, 2.05) is 0 Å². The first-order valence-electron chi connectivity index (χ1n) is 8.66. The molecule has 1 aliphatic heterocycles. The number of alkyl halides is 3. The van der Waals surface area contributed by atoms with Crippen LogP contribution in [0.25, 0.3) is 0 Å². The minimum Gasteiger partial charge on any atom is -0.504 e. The average molecular weight is 415 g/mol. The second-order valence-corrected chi connectivity index (χ2v) is 6.97. The Bertz CT molecular complexity index is 832. The summed E-state index contributed by atoms with van der Waals surface area (Å²) in [4.78, 5) is 18.0. The Kier molecular flexibility index (Phi) is 5.98. The van der Waals surface area contributed by atoms with Crippen LogP contribution in [0, 0.1) is 5.92 Å². The highest BCUT2D eigenvalue weighted by Crippen LogP contribution is 2.35. The SMILES string of the molecule is O=C(c1cncc(COc2c(O)cccc2Cl)c1)N1CCC(C(F)(F)F)CC1. The number of para-hydroxylation sites is 1. The zero-order valence-electron chi connectivity index (χ0n) is 14.7. The minimum absolute atomic E-state index is 0.0154. The van der Waals surface area contributed by atoms with E-state index in [1.165, 1.54) is 23.4 Å². The van der Waals surface area contributed by atoms with Crippen LogP contribution in [0.5, 0.6) is 11.5 Å². The fourth-order valence-electron chi connectivity index (χ4n) is 3.07. The van der Waals surface area contributed by atoms with Gasteiger partial charge in [-0.25, -0.2) is 0 Å². The maximum Gasteiger partial charge on any atom is 0.391 e. The number of ether oxygens (including phenoxy) is 1. The van der Waals surface area contributed by atoms with E-state index >= 15 is 0 Å². The summed E-state index contributed by atoms with van der Waals surface area (Å²) in [6, 6.07) is 6.15. The molecule has 1 N–H and O–H groups in total. The first-order chi connectivity index (χ1) is 13.3. The smallest absolute Gasteiger partial charge is 0.391 e. The number of likely N-dealkylation sites (tertiary alicyclic amines) is 1. The summed E-state index contributed by atoms with van der Waals surface area (Å²) in [5.74, 6) is -1.72. The summed E-state index contributed by atoms with van der Waals surface area (Å²) in [6.07, 6.45) is -1.55. The molecule has 150 valence electrons. The number of carbonyl (C=O) groups excluding carboxylic acids is 1. The first kappa shape index (κ1) is 20.3. The standard InChI is InChI=1S/C19H18ClF3N2O3/c20-15-2-1-3-16(26)17(15)28-11-12-8-13(10-24-9-12)18(27)25-6-4-14(5-7-25)19(21,22)23/h1-3,8-10,14,26H,4-7,11H2. The van der Waals surface area contributed by atoms with Gasteiger partial charge in [-0.05, 0) is 31.0 Å². The number of benzene rings is 1. The normalized spacial score (nSPS) is 15.5. The van der Waals surface area contributed by atoms with Gasteiger partial charge in [-0.1, -0.05) is 17.7 Å². The number of pyridine rings is 1. The maximum atomic E-state index is 12.8.